The maximum Gasteiger partial charge on any atom is 0.122 e. The van der Waals surface area contributed by atoms with Crippen LogP contribution in [0.4, 0.5) is 0 Å². The van der Waals surface area contributed by atoms with E-state index in [1.165, 1.54) is 18.4 Å². The topological polar surface area (TPSA) is 32.7 Å². The Hall–Kier alpha value is -1.06. The Balaban J connectivity index is 1.80. The SMILES string of the molecule is CC1CCN(C[C@@H](O)COc2ccccc2C(C)C)CC1. The summed E-state index contributed by atoms with van der Waals surface area (Å²) in [6.07, 6.45) is 2.06. The van der Waals surface area contributed by atoms with Gasteiger partial charge in [-0.05, 0) is 49.4 Å². The standard InChI is InChI=1S/C18H29NO2/c1-14(2)17-6-4-5-7-18(17)21-13-16(20)12-19-10-8-15(3)9-11-19/h4-7,14-16,20H,8-13H2,1-3H3/t16-/m1/s1. The summed E-state index contributed by atoms with van der Waals surface area (Å²) in [6.45, 7) is 9.91. The molecule has 1 heterocycles. The minimum atomic E-state index is -0.418. The van der Waals surface area contributed by atoms with Crippen LogP contribution in [0.3, 0.4) is 0 Å². The van der Waals surface area contributed by atoms with Crippen LogP contribution in [0.2, 0.25) is 0 Å². The van der Waals surface area contributed by atoms with E-state index in [4.69, 9.17) is 4.74 Å². The van der Waals surface area contributed by atoms with Crippen LogP contribution >= 0.6 is 0 Å². The fourth-order valence-corrected chi connectivity index (χ4v) is 2.87. The summed E-state index contributed by atoms with van der Waals surface area (Å²) >= 11 is 0. The molecule has 118 valence electrons. The lowest BCUT2D eigenvalue weighted by Crippen LogP contribution is -2.40. The largest absolute Gasteiger partial charge is 0.491 e. The van der Waals surface area contributed by atoms with Gasteiger partial charge in [-0.25, -0.2) is 0 Å². The molecule has 1 aliphatic heterocycles. The highest BCUT2D eigenvalue weighted by Crippen LogP contribution is 2.26. The molecule has 3 heteroatoms. The lowest BCUT2D eigenvalue weighted by Gasteiger charge is -2.31. The number of piperidine rings is 1. The van der Waals surface area contributed by atoms with Gasteiger partial charge in [0, 0.05) is 6.54 Å². The molecular formula is C18H29NO2. The maximum absolute atomic E-state index is 10.2. The summed E-state index contributed by atoms with van der Waals surface area (Å²) in [4.78, 5) is 2.35. The van der Waals surface area contributed by atoms with E-state index < -0.39 is 6.10 Å². The van der Waals surface area contributed by atoms with Gasteiger partial charge in [0.2, 0.25) is 0 Å². The number of hydrogen-bond donors (Lipinski definition) is 1. The number of aliphatic hydroxyl groups is 1. The summed E-state index contributed by atoms with van der Waals surface area (Å²) in [6, 6.07) is 8.11. The number of aliphatic hydroxyl groups excluding tert-OH is 1. The van der Waals surface area contributed by atoms with Gasteiger partial charge in [-0.1, -0.05) is 39.0 Å². The van der Waals surface area contributed by atoms with Gasteiger partial charge in [-0.3, -0.25) is 0 Å². The summed E-state index contributed by atoms with van der Waals surface area (Å²) in [7, 11) is 0. The predicted molar refractivity (Wildman–Crippen MR) is 86.9 cm³/mol. The Morgan fingerprint density at radius 1 is 1.24 bits per heavy atom. The van der Waals surface area contributed by atoms with Gasteiger partial charge in [0.25, 0.3) is 0 Å². The van der Waals surface area contributed by atoms with Crippen molar-refractivity contribution in [1.82, 2.24) is 4.90 Å². The zero-order valence-corrected chi connectivity index (χ0v) is 13.6. The molecule has 1 fully saturated rings. The van der Waals surface area contributed by atoms with Crippen molar-refractivity contribution in [2.24, 2.45) is 5.92 Å². The number of β-amino-alcohol motifs (C(OH)–C–C–N with tert-alkyl or cyclic N) is 1. The third-order valence-corrected chi connectivity index (χ3v) is 4.32. The van der Waals surface area contributed by atoms with E-state index in [0.717, 1.165) is 31.3 Å². The fourth-order valence-electron chi connectivity index (χ4n) is 2.87. The van der Waals surface area contributed by atoms with Gasteiger partial charge in [0.1, 0.15) is 18.5 Å². The predicted octanol–water partition coefficient (Wildman–Crippen LogP) is 3.28. The van der Waals surface area contributed by atoms with E-state index in [9.17, 15) is 5.11 Å². The molecule has 0 amide bonds. The van der Waals surface area contributed by atoms with Crippen molar-refractivity contribution in [3.8, 4) is 5.75 Å². The quantitative estimate of drug-likeness (QED) is 0.873. The molecule has 0 spiro atoms. The Morgan fingerprint density at radius 2 is 1.90 bits per heavy atom. The monoisotopic (exact) mass is 291 g/mol. The number of para-hydroxylation sites is 1. The van der Waals surface area contributed by atoms with Gasteiger partial charge >= 0.3 is 0 Å². The number of hydrogen-bond acceptors (Lipinski definition) is 3. The first-order chi connectivity index (χ1) is 10.1. The van der Waals surface area contributed by atoms with E-state index in [0.29, 0.717) is 12.5 Å². The van der Waals surface area contributed by atoms with E-state index in [1.54, 1.807) is 0 Å². The van der Waals surface area contributed by atoms with Gasteiger partial charge in [0.05, 0.1) is 0 Å². The second-order valence-electron chi connectivity index (χ2n) is 6.64. The normalized spacial score (nSPS) is 18.9. The second kappa shape index (κ2) is 7.81. The number of likely N-dealkylation sites (tertiary alicyclic amines) is 1. The minimum absolute atomic E-state index is 0.371. The number of benzene rings is 1. The van der Waals surface area contributed by atoms with Gasteiger partial charge < -0.3 is 14.7 Å². The van der Waals surface area contributed by atoms with E-state index in [1.807, 2.05) is 18.2 Å². The Bertz CT molecular complexity index is 425. The van der Waals surface area contributed by atoms with Gasteiger partial charge in [-0.15, -0.1) is 0 Å². The van der Waals surface area contributed by atoms with Crippen LogP contribution in [-0.4, -0.2) is 42.4 Å². The zero-order valence-electron chi connectivity index (χ0n) is 13.6. The third-order valence-electron chi connectivity index (χ3n) is 4.32. The molecule has 1 N–H and O–H groups in total. The van der Waals surface area contributed by atoms with Crippen LogP contribution in [0.5, 0.6) is 5.75 Å². The number of rotatable bonds is 6. The zero-order chi connectivity index (χ0) is 15.2. The molecule has 0 radical (unpaired) electrons. The molecule has 0 saturated carbocycles. The van der Waals surface area contributed by atoms with Crippen LogP contribution in [-0.2, 0) is 0 Å². The molecule has 1 atom stereocenters. The first-order valence-electron chi connectivity index (χ1n) is 8.18. The summed E-state index contributed by atoms with van der Waals surface area (Å²) in [5.74, 6) is 2.16. The molecule has 2 rings (SSSR count). The minimum Gasteiger partial charge on any atom is -0.491 e. The van der Waals surface area contributed by atoms with Crippen molar-refractivity contribution in [3.63, 3.8) is 0 Å². The Labute approximate surface area is 128 Å². The van der Waals surface area contributed by atoms with Crippen LogP contribution in [0, 0.1) is 5.92 Å². The van der Waals surface area contributed by atoms with Crippen molar-refractivity contribution in [2.45, 2.75) is 45.6 Å². The molecule has 1 aromatic carbocycles. The highest BCUT2D eigenvalue weighted by atomic mass is 16.5. The molecule has 0 unspecified atom stereocenters. The average molecular weight is 291 g/mol. The highest BCUT2D eigenvalue weighted by molar-refractivity contribution is 5.35. The molecule has 0 bridgehead atoms. The molecular weight excluding hydrogens is 262 g/mol. The fraction of sp³-hybridized carbons (Fsp3) is 0.667. The van der Waals surface area contributed by atoms with Crippen molar-refractivity contribution < 1.29 is 9.84 Å². The molecule has 21 heavy (non-hydrogen) atoms. The van der Waals surface area contributed by atoms with Crippen LogP contribution in [0.25, 0.3) is 0 Å². The van der Waals surface area contributed by atoms with Crippen LogP contribution < -0.4 is 4.74 Å². The maximum atomic E-state index is 10.2. The summed E-state index contributed by atoms with van der Waals surface area (Å²) < 4.78 is 5.85. The van der Waals surface area contributed by atoms with Crippen molar-refractivity contribution in [2.75, 3.05) is 26.2 Å². The lowest BCUT2D eigenvalue weighted by atomic mass is 9.99. The van der Waals surface area contributed by atoms with Crippen LogP contribution in [0.15, 0.2) is 24.3 Å². The number of ether oxygens (including phenoxy) is 1. The molecule has 1 saturated heterocycles. The molecule has 1 aromatic rings. The van der Waals surface area contributed by atoms with E-state index >= 15 is 0 Å². The second-order valence-corrected chi connectivity index (χ2v) is 6.64. The van der Waals surface area contributed by atoms with E-state index in [-0.39, 0.29) is 0 Å². The summed E-state index contributed by atoms with van der Waals surface area (Å²) in [5.41, 5.74) is 1.21. The van der Waals surface area contributed by atoms with Crippen molar-refractivity contribution in [1.29, 1.82) is 0 Å². The summed E-state index contributed by atoms with van der Waals surface area (Å²) in [5, 5.41) is 10.2. The lowest BCUT2D eigenvalue weighted by molar-refractivity contribution is 0.0559. The molecule has 1 aliphatic rings. The Morgan fingerprint density at radius 3 is 2.57 bits per heavy atom. The van der Waals surface area contributed by atoms with Gasteiger partial charge in [-0.2, -0.15) is 0 Å². The van der Waals surface area contributed by atoms with Crippen LogP contribution in [0.1, 0.15) is 45.1 Å². The first-order valence-corrected chi connectivity index (χ1v) is 8.18. The first kappa shape index (κ1) is 16.3. The average Bonchev–Trinajstić information content (AvgIpc) is 2.48. The Kier molecular flexibility index (Phi) is 6.07. The highest BCUT2D eigenvalue weighted by Gasteiger charge is 2.19. The molecule has 0 aliphatic carbocycles. The molecule has 0 aromatic heterocycles. The smallest absolute Gasteiger partial charge is 0.122 e. The van der Waals surface area contributed by atoms with E-state index in [2.05, 4.69) is 31.7 Å². The van der Waals surface area contributed by atoms with Crippen molar-refractivity contribution in [3.05, 3.63) is 29.8 Å². The van der Waals surface area contributed by atoms with Crippen molar-refractivity contribution >= 4 is 0 Å². The third kappa shape index (κ3) is 5.01. The number of nitrogens with zero attached hydrogens (tertiary/aromatic N) is 1. The molecule has 3 nitrogen and oxygen atoms in total. The van der Waals surface area contributed by atoms with Gasteiger partial charge in [0.15, 0.2) is 0 Å².